The lowest BCUT2D eigenvalue weighted by Gasteiger charge is -2.26. The second-order valence-corrected chi connectivity index (χ2v) is 7.53. The Morgan fingerprint density at radius 3 is 1.50 bits per heavy atom. The molecule has 2 rings (SSSR count). The Kier molecular flexibility index (Phi) is 4.37. The van der Waals surface area contributed by atoms with E-state index >= 15 is 0 Å². The van der Waals surface area contributed by atoms with Crippen molar-refractivity contribution in [3.8, 4) is 0 Å². The zero-order chi connectivity index (χ0) is 16.5. The second kappa shape index (κ2) is 5.79. The van der Waals surface area contributed by atoms with Crippen LogP contribution in [-0.2, 0) is 15.6 Å². The highest BCUT2D eigenvalue weighted by Crippen LogP contribution is 2.35. The average molecular weight is 302 g/mol. The smallest absolute Gasteiger partial charge is 0.134 e. The number of carbonyl (C=O) groups is 1. The van der Waals surface area contributed by atoms with Crippen LogP contribution in [0.4, 0.5) is 0 Å². The van der Waals surface area contributed by atoms with Gasteiger partial charge in [0.1, 0.15) is 17.3 Å². The van der Waals surface area contributed by atoms with Crippen molar-refractivity contribution in [2.75, 3.05) is 0 Å². The maximum Gasteiger partial charge on any atom is 0.134 e. The van der Waals surface area contributed by atoms with Crippen molar-refractivity contribution in [3.63, 3.8) is 0 Å². The lowest BCUT2D eigenvalue weighted by Crippen LogP contribution is -2.27. The lowest BCUT2D eigenvalue weighted by molar-refractivity contribution is -0.121. The van der Waals surface area contributed by atoms with Gasteiger partial charge in [-0.25, -0.2) is 0 Å². The van der Waals surface area contributed by atoms with Crippen molar-refractivity contribution in [2.45, 2.75) is 65.2 Å². The SMILES string of the molecule is Cc1ccoc1C(C)(C)CC(=O)CC(C)(C)c1occc1C. The van der Waals surface area contributed by atoms with Crippen LogP contribution in [0.2, 0.25) is 0 Å². The van der Waals surface area contributed by atoms with Crippen molar-refractivity contribution in [1.29, 1.82) is 0 Å². The van der Waals surface area contributed by atoms with Gasteiger partial charge in [0.05, 0.1) is 12.5 Å². The minimum atomic E-state index is -0.293. The van der Waals surface area contributed by atoms with Crippen LogP contribution in [-0.4, -0.2) is 5.78 Å². The van der Waals surface area contributed by atoms with E-state index in [0.29, 0.717) is 12.8 Å². The van der Waals surface area contributed by atoms with Gasteiger partial charge in [-0.1, -0.05) is 27.7 Å². The number of ketones is 1. The van der Waals surface area contributed by atoms with Crippen LogP contribution in [0.3, 0.4) is 0 Å². The summed E-state index contributed by atoms with van der Waals surface area (Å²) in [5.41, 5.74) is 1.61. The van der Waals surface area contributed by atoms with Crippen LogP contribution >= 0.6 is 0 Å². The molecule has 0 bridgehead atoms. The van der Waals surface area contributed by atoms with Gasteiger partial charge in [-0.2, -0.15) is 0 Å². The number of rotatable bonds is 6. The van der Waals surface area contributed by atoms with Crippen LogP contribution in [0.5, 0.6) is 0 Å². The largest absolute Gasteiger partial charge is 0.468 e. The third-order valence-electron chi connectivity index (χ3n) is 4.23. The summed E-state index contributed by atoms with van der Waals surface area (Å²) >= 11 is 0. The molecule has 0 fully saturated rings. The quantitative estimate of drug-likeness (QED) is 0.746. The summed E-state index contributed by atoms with van der Waals surface area (Å²) in [6.45, 7) is 12.3. The summed E-state index contributed by atoms with van der Waals surface area (Å²) < 4.78 is 11.2. The first-order valence-electron chi connectivity index (χ1n) is 7.74. The molecule has 0 unspecified atom stereocenters. The maximum atomic E-state index is 12.6. The molecule has 0 aromatic carbocycles. The topological polar surface area (TPSA) is 43.4 Å². The molecule has 0 aliphatic heterocycles. The average Bonchev–Trinajstić information content (AvgIpc) is 2.96. The van der Waals surface area contributed by atoms with Crippen LogP contribution in [0.25, 0.3) is 0 Å². The number of aryl methyl sites for hydroxylation is 2. The van der Waals surface area contributed by atoms with E-state index < -0.39 is 0 Å². The molecule has 0 aliphatic carbocycles. The predicted molar refractivity (Wildman–Crippen MR) is 87.2 cm³/mol. The zero-order valence-electron chi connectivity index (χ0n) is 14.4. The molecule has 0 aliphatic rings. The molecule has 0 atom stereocenters. The van der Waals surface area contributed by atoms with E-state index in [1.165, 1.54) is 0 Å². The van der Waals surface area contributed by atoms with Crippen LogP contribution in [0.1, 0.15) is 63.2 Å². The van der Waals surface area contributed by atoms with Gasteiger partial charge in [-0.3, -0.25) is 4.79 Å². The molecule has 22 heavy (non-hydrogen) atoms. The first-order valence-corrected chi connectivity index (χ1v) is 7.74. The lowest BCUT2D eigenvalue weighted by atomic mass is 9.77. The maximum absolute atomic E-state index is 12.6. The van der Waals surface area contributed by atoms with Gasteiger partial charge in [-0.05, 0) is 37.1 Å². The van der Waals surface area contributed by atoms with Gasteiger partial charge in [0.25, 0.3) is 0 Å². The molecule has 2 aromatic rings. The summed E-state index contributed by atoms with van der Waals surface area (Å²) in [7, 11) is 0. The monoisotopic (exact) mass is 302 g/mol. The van der Waals surface area contributed by atoms with Crippen molar-refractivity contribution >= 4 is 5.78 Å². The number of hydrogen-bond acceptors (Lipinski definition) is 3. The highest BCUT2D eigenvalue weighted by molar-refractivity contribution is 5.81. The predicted octanol–water partition coefficient (Wildman–Crippen LogP) is 5.09. The Bertz CT molecular complexity index is 600. The van der Waals surface area contributed by atoms with Gasteiger partial charge in [-0.15, -0.1) is 0 Å². The fraction of sp³-hybridized carbons (Fsp3) is 0.526. The van der Waals surface area contributed by atoms with E-state index in [4.69, 9.17) is 8.83 Å². The Labute approximate surface area is 132 Å². The minimum absolute atomic E-state index is 0.224. The number of furan rings is 2. The van der Waals surface area contributed by atoms with Crippen LogP contribution in [0, 0.1) is 13.8 Å². The van der Waals surface area contributed by atoms with E-state index in [-0.39, 0.29) is 16.6 Å². The Balaban J connectivity index is 2.10. The third-order valence-corrected chi connectivity index (χ3v) is 4.23. The third kappa shape index (κ3) is 3.34. The Morgan fingerprint density at radius 1 is 0.864 bits per heavy atom. The Morgan fingerprint density at radius 2 is 1.23 bits per heavy atom. The van der Waals surface area contributed by atoms with Gasteiger partial charge in [0.2, 0.25) is 0 Å². The van der Waals surface area contributed by atoms with Crippen molar-refractivity contribution < 1.29 is 13.6 Å². The molecular formula is C19H26O3. The van der Waals surface area contributed by atoms with E-state index in [9.17, 15) is 4.79 Å². The molecule has 3 nitrogen and oxygen atoms in total. The fourth-order valence-electron chi connectivity index (χ4n) is 3.34. The molecule has 2 aromatic heterocycles. The van der Waals surface area contributed by atoms with Crippen molar-refractivity contribution in [1.82, 2.24) is 0 Å². The number of carbonyl (C=O) groups excluding carboxylic acids is 1. The van der Waals surface area contributed by atoms with Crippen molar-refractivity contribution in [2.24, 2.45) is 0 Å². The molecule has 0 radical (unpaired) electrons. The fourth-order valence-corrected chi connectivity index (χ4v) is 3.34. The number of Topliss-reactive ketones (excluding diaryl/α,β-unsaturated/α-hetero) is 1. The summed E-state index contributed by atoms with van der Waals surface area (Å²) in [5, 5.41) is 0. The van der Waals surface area contributed by atoms with E-state index in [0.717, 1.165) is 22.6 Å². The van der Waals surface area contributed by atoms with Gasteiger partial charge in [0.15, 0.2) is 0 Å². The molecule has 0 saturated heterocycles. The summed E-state index contributed by atoms with van der Waals surface area (Å²) in [6, 6.07) is 3.88. The van der Waals surface area contributed by atoms with E-state index in [1.807, 2.05) is 26.0 Å². The van der Waals surface area contributed by atoms with Crippen LogP contribution < -0.4 is 0 Å². The van der Waals surface area contributed by atoms with E-state index in [1.54, 1.807) is 12.5 Å². The second-order valence-electron chi connectivity index (χ2n) is 7.53. The molecule has 0 spiro atoms. The molecule has 120 valence electrons. The van der Waals surface area contributed by atoms with E-state index in [2.05, 4.69) is 27.7 Å². The highest BCUT2D eigenvalue weighted by atomic mass is 16.3. The highest BCUT2D eigenvalue weighted by Gasteiger charge is 2.33. The summed E-state index contributed by atoms with van der Waals surface area (Å²) in [5.74, 6) is 2.02. The molecule has 0 N–H and O–H groups in total. The summed E-state index contributed by atoms with van der Waals surface area (Å²) in [6.07, 6.45) is 4.30. The standard InChI is InChI=1S/C19H26O3/c1-13-7-9-21-16(13)18(3,4)11-15(20)12-19(5,6)17-14(2)8-10-22-17/h7-10H,11-12H2,1-6H3. The van der Waals surface area contributed by atoms with Crippen LogP contribution in [0.15, 0.2) is 33.5 Å². The first-order chi connectivity index (χ1) is 10.1. The zero-order valence-corrected chi connectivity index (χ0v) is 14.4. The van der Waals surface area contributed by atoms with Gasteiger partial charge >= 0.3 is 0 Å². The summed E-state index contributed by atoms with van der Waals surface area (Å²) in [4.78, 5) is 12.6. The van der Waals surface area contributed by atoms with Gasteiger partial charge in [0, 0.05) is 23.7 Å². The molecule has 2 heterocycles. The molecule has 0 saturated carbocycles. The number of hydrogen-bond donors (Lipinski definition) is 0. The molecule has 3 heteroatoms. The normalized spacial score (nSPS) is 12.6. The minimum Gasteiger partial charge on any atom is -0.468 e. The van der Waals surface area contributed by atoms with Gasteiger partial charge < -0.3 is 8.83 Å². The van der Waals surface area contributed by atoms with Crippen molar-refractivity contribution in [3.05, 3.63) is 47.3 Å². The molecule has 0 amide bonds. The first kappa shape index (κ1) is 16.6. The molecular weight excluding hydrogens is 276 g/mol. The Hall–Kier alpha value is -1.77.